The molecular formula is C13H27NS. The van der Waals surface area contributed by atoms with Gasteiger partial charge in [-0.1, -0.05) is 45.4 Å². The third-order valence-corrected chi connectivity index (χ3v) is 3.91. The van der Waals surface area contributed by atoms with Crippen molar-refractivity contribution >= 4 is 12.6 Å². The Morgan fingerprint density at radius 3 is 2.67 bits per heavy atom. The third kappa shape index (κ3) is 5.26. The lowest BCUT2D eigenvalue weighted by atomic mass is 9.86. The van der Waals surface area contributed by atoms with Crippen molar-refractivity contribution in [3.05, 3.63) is 0 Å². The molecule has 0 aromatic rings. The van der Waals surface area contributed by atoms with E-state index in [1.54, 1.807) is 0 Å². The molecule has 1 nitrogen and oxygen atoms in total. The minimum absolute atomic E-state index is 0.937. The van der Waals surface area contributed by atoms with E-state index in [1.165, 1.54) is 51.5 Å². The first-order chi connectivity index (χ1) is 7.38. The van der Waals surface area contributed by atoms with Crippen molar-refractivity contribution < 1.29 is 0 Å². The summed E-state index contributed by atoms with van der Waals surface area (Å²) in [6.45, 7) is 4.59. The van der Waals surface area contributed by atoms with Crippen LogP contribution < -0.4 is 5.32 Å². The van der Waals surface area contributed by atoms with E-state index >= 15 is 0 Å². The van der Waals surface area contributed by atoms with Crippen molar-refractivity contribution in [3.8, 4) is 0 Å². The van der Waals surface area contributed by atoms with Crippen LogP contribution in [0.25, 0.3) is 0 Å². The summed E-state index contributed by atoms with van der Waals surface area (Å²) in [6.07, 6.45) is 10.1. The van der Waals surface area contributed by atoms with Crippen LogP contribution in [0.1, 0.15) is 51.9 Å². The summed E-state index contributed by atoms with van der Waals surface area (Å²) in [4.78, 5) is 0. The number of hydrogen-bond donors (Lipinski definition) is 2. The van der Waals surface area contributed by atoms with Gasteiger partial charge in [0.15, 0.2) is 0 Å². The van der Waals surface area contributed by atoms with E-state index in [1.807, 2.05) is 0 Å². The van der Waals surface area contributed by atoms with Crippen molar-refractivity contribution in [2.75, 3.05) is 18.8 Å². The Kier molecular flexibility index (Phi) is 7.54. The standard InChI is InChI=1S/C13H27NS/c1-2-3-6-13(11-14-9-10-15)12-7-4-5-8-12/h12-15H,2-11H2,1H3. The molecule has 0 aromatic carbocycles. The third-order valence-electron chi connectivity index (χ3n) is 3.69. The van der Waals surface area contributed by atoms with Crippen molar-refractivity contribution in [1.82, 2.24) is 5.32 Å². The van der Waals surface area contributed by atoms with Crippen molar-refractivity contribution in [2.24, 2.45) is 11.8 Å². The molecular weight excluding hydrogens is 202 g/mol. The monoisotopic (exact) mass is 229 g/mol. The summed E-state index contributed by atoms with van der Waals surface area (Å²) in [5.41, 5.74) is 0. The van der Waals surface area contributed by atoms with Gasteiger partial charge in [0.05, 0.1) is 0 Å². The zero-order valence-electron chi connectivity index (χ0n) is 10.2. The number of unbranched alkanes of at least 4 members (excludes halogenated alkanes) is 1. The van der Waals surface area contributed by atoms with Crippen LogP contribution >= 0.6 is 12.6 Å². The summed E-state index contributed by atoms with van der Waals surface area (Å²) in [7, 11) is 0. The molecule has 0 heterocycles. The maximum absolute atomic E-state index is 4.24. The zero-order chi connectivity index (χ0) is 10.9. The minimum Gasteiger partial charge on any atom is -0.316 e. The molecule has 1 rings (SSSR count). The van der Waals surface area contributed by atoms with Gasteiger partial charge >= 0.3 is 0 Å². The lowest BCUT2D eigenvalue weighted by Crippen LogP contribution is -2.28. The van der Waals surface area contributed by atoms with Gasteiger partial charge in [0.2, 0.25) is 0 Å². The predicted molar refractivity (Wildman–Crippen MR) is 71.7 cm³/mol. The molecule has 0 radical (unpaired) electrons. The molecule has 1 N–H and O–H groups in total. The van der Waals surface area contributed by atoms with Crippen molar-refractivity contribution in [1.29, 1.82) is 0 Å². The number of rotatable bonds is 8. The second kappa shape index (κ2) is 8.46. The fraction of sp³-hybridized carbons (Fsp3) is 1.00. The summed E-state index contributed by atoms with van der Waals surface area (Å²) in [5, 5.41) is 3.54. The van der Waals surface area contributed by atoms with E-state index in [4.69, 9.17) is 0 Å². The molecule has 2 heteroatoms. The highest BCUT2D eigenvalue weighted by Crippen LogP contribution is 2.33. The van der Waals surface area contributed by atoms with Gasteiger partial charge in [-0.25, -0.2) is 0 Å². The molecule has 1 aliphatic carbocycles. The predicted octanol–water partition coefficient (Wildman–Crippen LogP) is 3.50. The van der Waals surface area contributed by atoms with Gasteiger partial charge in [-0.3, -0.25) is 0 Å². The minimum atomic E-state index is 0.937. The van der Waals surface area contributed by atoms with Crippen LogP contribution in [0.15, 0.2) is 0 Å². The molecule has 1 aliphatic rings. The Morgan fingerprint density at radius 2 is 2.07 bits per heavy atom. The van der Waals surface area contributed by atoms with Crippen LogP contribution in [0.3, 0.4) is 0 Å². The Bertz CT molecular complexity index is 143. The van der Waals surface area contributed by atoms with Crippen LogP contribution in [0.5, 0.6) is 0 Å². The Labute approximate surface area is 101 Å². The summed E-state index contributed by atoms with van der Waals surface area (Å²) in [5.74, 6) is 2.92. The molecule has 0 saturated heterocycles. The highest BCUT2D eigenvalue weighted by atomic mass is 32.1. The van der Waals surface area contributed by atoms with Crippen molar-refractivity contribution in [2.45, 2.75) is 51.9 Å². The fourth-order valence-corrected chi connectivity index (χ4v) is 2.92. The molecule has 1 saturated carbocycles. The zero-order valence-corrected chi connectivity index (χ0v) is 11.1. The summed E-state index contributed by atoms with van der Waals surface area (Å²) >= 11 is 4.24. The molecule has 0 amide bonds. The molecule has 15 heavy (non-hydrogen) atoms. The van der Waals surface area contributed by atoms with Gasteiger partial charge in [-0.2, -0.15) is 12.6 Å². The maximum atomic E-state index is 4.24. The molecule has 0 aromatic heterocycles. The first-order valence-electron chi connectivity index (χ1n) is 6.70. The van der Waals surface area contributed by atoms with Crippen LogP contribution in [0.2, 0.25) is 0 Å². The summed E-state index contributed by atoms with van der Waals surface area (Å²) in [6, 6.07) is 0. The van der Waals surface area contributed by atoms with E-state index in [2.05, 4.69) is 24.9 Å². The van der Waals surface area contributed by atoms with Gasteiger partial charge in [0.1, 0.15) is 0 Å². The van der Waals surface area contributed by atoms with Crippen molar-refractivity contribution in [3.63, 3.8) is 0 Å². The maximum Gasteiger partial charge on any atom is 0.00398 e. The average molecular weight is 229 g/mol. The smallest absolute Gasteiger partial charge is 0.00398 e. The van der Waals surface area contributed by atoms with Crippen LogP contribution in [-0.4, -0.2) is 18.8 Å². The van der Waals surface area contributed by atoms with Crippen LogP contribution in [-0.2, 0) is 0 Å². The molecule has 1 unspecified atom stereocenters. The van der Waals surface area contributed by atoms with E-state index in [9.17, 15) is 0 Å². The van der Waals surface area contributed by atoms with E-state index < -0.39 is 0 Å². The second-order valence-electron chi connectivity index (χ2n) is 4.87. The van der Waals surface area contributed by atoms with Gasteiger partial charge < -0.3 is 5.32 Å². The summed E-state index contributed by atoms with van der Waals surface area (Å²) < 4.78 is 0. The Hall–Kier alpha value is 0.310. The molecule has 0 aliphatic heterocycles. The average Bonchev–Trinajstić information content (AvgIpc) is 2.76. The fourth-order valence-electron chi connectivity index (χ4n) is 2.77. The van der Waals surface area contributed by atoms with Crippen LogP contribution in [0, 0.1) is 11.8 Å². The first kappa shape index (κ1) is 13.4. The lowest BCUT2D eigenvalue weighted by Gasteiger charge is -2.23. The van der Waals surface area contributed by atoms with Gasteiger partial charge in [0, 0.05) is 12.3 Å². The van der Waals surface area contributed by atoms with E-state index in [0.29, 0.717) is 0 Å². The number of hydrogen-bond acceptors (Lipinski definition) is 2. The topological polar surface area (TPSA) is 12.0 Å². The molecule has 1 fully saturated rings. The number of nitrogens with one attached hydrogen (secondary N) is 1. The highest BCUT2D eigenvalue weighted by molar-refractivity contribution is 7.80. The SMILES string of the molecule is CCCCC(CNCCS)C1CCCC1. The Morgan fingerprint density at radius 1 is 1.33 bits per heavy atom. The molecule has 90 valence electrons. The van der Waals surface area contributed by atoms with Crippen LogP contribution in [0.4, 0.5) is 0 Å². The van der Waals surface area contributed by atoms with E-state index in [0.717, 1.165) is 24.1 Å². The lowest BCUT2D eigenvalue weighted by molar-refractivity contribution is 0.300. The van der Waals surface area contributed by atoms with Gasteiger partial charge in [0.25, 0.3) is 0 Å². The molecule has 0 bridgehead atoms. The molecule has 0 spiro atoms. The quantitative estimate of drug-likeness (QED) is 0.479. The second-order valence-corrected chi connectivity index (χ2v) is 5.32. The normalized spacial score (nSPS) is 19.6. The number of thiol groups is 1. The van der Waals surface area contributed by atoms with Gasteiger partial charge in [-0.05, 0) is 24.8 Å². The highest BCUT2D eigenvalue weighted by Gasteiger charge is 2.23. The van der Waals surface area contributed by atoms with E-state index in [-0.39, 0.29) is 0 Å². The largest absolute Gasteiger partial charge is 0.316 e. The first-order valence-corrected chi connectivity index (χ1v) is 7.33. The van der Waals surface area contributed by atoms with Gasteiger partial charge in [-0.15, -0.1) is 0 Å². The Balaban J connectivity index is 2.23. The molecule has 1 atom stereocenters.